The summed E-state index contributed by atoms with van der Waals surface area (Å²) in [7, 11) is 1.46. The van der Waals surface area contributed by atoms with Gasteiger partial charge in [-0.2, -0.15) is 0 Å². The van der Waals surface area contributed by atoms with Gasteiger partial charge in [0.1, 0.15) is 18.0 Å². The smallest absolute Gasteiger partial charge is 0.407 e. The largest absolute Gasteiger partial charge is 0.511 e. The normalized spacial score (nSPS) is 16.1. The van der Waals surface area contributed by atoms with Gasteiger partial charge in [0, 0.05) is 12.1 Å². The van der Waals surface area contributed by atoms with E-state index >= 15 is 0 Å². The van der Waals surface area contributed by atoms with Crippen LogP contribution in [0.5, 0.6) is 11.5 Å². The molecule has 0 bridgehead atoms. The molecule has 1 aromatic carbocycles. The molecule has 1 fully saturated rings. The number of nitrogens with zero attached hydrogens (tertiary/aromatic N) is 1. The maximum Gasteiger partial charge on any atom is 0.407 e. The third kappa shape index (κ3) is 6.90. The molecule has 32 heavy (non-hydrogen) atoms. The van der Waals surface area contributed by atoms with Gasteiger partial charge in [0.25, 0.3) is 11.7 Å². The number of ether oxygens (including phenoxy) is 3. The molecule has 1 atom stereocenters. The number of piperidine rings is 1. The van der Waals surface area contributed by atoms with Crippen molar-refractivity contribution in [3.63, 3.8) is 0 Å². The average Bonchev–Trinajstić information content (AvgIpc) is 2.74. The van der Waals surface area contributed by atoms with E-state index in [0.717, 1.165) is 12.8 Å². The second-order valence-corrected chi connectivity index (χ2v) is 8.47. The zero-order chi connectivity index (χ0) is 23.9. The number of nitrogens with one attached hydrogen (secondary N) is 1. The van der Waals surface area contributed by atoms with Crippen LogP contribution in [0.4, 0.5) is 4.79 Å². The van der Waals surface area contributed by atoms with Crippen molar-refractivity contribution < 1.29 is 33.7 Å². The molecule has 0 aromatic heterocycles. The summed E-state index contributed by atoms with van der Waals surface area (Å²) < 4.78 is 16.1. The van der Waals surface area contributed by atoms with Gasteiger partial charge in [-0.25, -0.2) is 4.79 Å². The first-order valence-electron chi connectivity index (χ1n) is 10.5. The number of amides is 2. The third-order valence-electron chi connectivity index (χ3n) is 4.80. The molecule has 9 heteroatoms. The number of benzene rings is 1. The SMILES string of the molecule is C=C(O)C1CCCCN1C(=O)C(=O)c1ccc(OC)c(OCCNC(=O)OC(C)(C)C)c1. The van der Waals surface area contributed by atoms with Crippen LogP contribution >= 0.6 is 0 Å². The molecular weight excluding hydrogens is 416 g/mol. The van der Waals surface area contributed by atoms with Crippen LogP contribution in [0.15, 0.2) is 30.5 Å². The fourth-order valence-corrected chi connectivity index (χ4v) is 3.33. The second-order valence-electron chi connectivity index (χ2n) is 8.47. The average molecular weight is 449 g/mol. The van der Waals surface area contributed by atoms with Gasteiger partial charge in [-0.05, 0) is 58.2 Å². The monoisotopic (exact) mass is 448 g/mol. The number of rotatable bonds is 8. The molecule has 1 aliphatic rings. The number of alkyl carbamates (subject to hydrolysis) is 1. The Labute approximate surface area is 188 Å². The van der Waals surface area contributed by atoms with E-state index < -0.39 is 29.4 Å². The van der Waals surface area contributed by atoms with E-state index in [1.807, 2.05) is 0 Å². The number of aliphatic hydroxyl groups excluding tert-OH is 1. The lowest BCUT2D eigenvalue weighted by Crippen LogP contribution is -2.47. The molecule has 1 aromatic rings. The Morgan fingerprint density at radius 2 is 1.94 bits per heavy atom. The molecule has 1 unspecified atom stereocenters. The Balaban J connectivity index is 2.05. The summed E-state index contributed by atoms with van der Waals surface area (Å²) in [6, 6.07) is 3.89. The molecule has 1 saturated heterocycles. The van der Waals surface area contributed by atoms with Crippen LogP contribution in [0.25, 0.3) is 0 Å². The number of ketones is 1. The molecule has 0 spiro atoms. The van der Waals surface area contributed by atoms with E-state index in [0.29, 0.717) is 18.7 Å². The van der Waals surface area contributed by atoms with Gasteiger partial charge in [0.15, 0.2) is 11.5 Å². The van der Waals surface area contributed by atoms with E-state index in [1.165, 1.54) is 30.2 Å². The zero-order valence-electron chi connectivity index (χ0n) is 19.1. The van der Waals surface area contributed by atoms with E-state index in [-0.39, 0.29) is 30.2 Å². The third-order valence-corrected chi connectivity index (χ3v) is 4.80. The Morgan fingerprint density at radius 3 is 2.56 bits per heavy atom. The van der Waals surface area contributed by atoms with E-state index in [2.05, 4.69) is 11.9 Å². The van der Waals surface area contributed by atoms with Crippen molar-refractivity contribution in [3.8, 4) is 11.5 Å². The van der Waals surface area contributed by atoms with Crippen LogP contribution in [0.1, 0.15) is 50.4 Å². The van der Waals surface area contributed by atoms with Crippen molar-refractivity contribution in [2.45, 2.75) is 51.7 Å². The lowest BCUT2D eigenvalue weighted by Gasteiger charge is -2.34. The fourth-order valence-electron chi connectivity index (χ4n) is 3.33. The van der Waals surface area contributed by atoms with E-state index in [1.54, 1.807) is 20.8 Å². The van der Waals surface area contributed by atoms with Crippen molar-refractivity contribution in [2.24, 2.45) is 0 Å². The summed E-state index contributed by atoms with van der Waals surface area (Å²) in [4.78, 5) is 38.7. The van der Waals surface area contributed by atoms with Crippen LogP contribution in [0.3, 0.4) is 0 Å². The number of carbonyl (C=O) groups excluding carboxylic acids is 3. The predicted octanol–water partition coefficient (Wildman–Crippen LogP) is 3.23. The number of Topliss-reactive ketones (excluding diaryl/α,β-unsaturated/α-hetero) is 1. The lowest BCUT2D eigenvalue weighted by atomic mass is 9.99. The predicted molar refractivity (Wildman–Crippen MR) is 118 cm³/mol. The molecule has 9 nitrogen and oxygen atoms in total. The molecule has 2 amide bonds. The summed E-state index contributed by atoms with van der Waals surface area (Å²) in [6.07, 6.45) is 1.60. The van der Waals surface area contributed by atoms with Crippen LogP contribution in [0, 0.1) is 0 Å². The summed E-state index contributed by atoms with van der Waals surface area (Å²) in [6.45, 7) is 9.47. The Hall–Kier alpha value is -3.23. The van der Waals surface area contributed by atoms with Crippen molar-refractivity contribution in [3.05, 3.63) is 36.1 Å². The summed E-state index contributed by atoms with van der Waals surface area (Å²) in [5.41, 5.74) is -0.468. The van der Waals surface area contributed by atoms with Crippen LogP contribution in [0.2, 0.25) is 0 Å². The molecule has 176 valence electrons. The van der Waals surface area contributed by atoms with Crippen molar-refractivity contribution in [2.75, 3.05) is 26.8 Å². The number of aliphatic hydroxyl groups is 1. The first-order chi connectivity index (χ1) is 15.0. The number of hydrogen-bond donors (Lipinski definition) is 2. The zero-order valence-corrected chi connectivity index (χ0v) is 19.1. The number of likely N-dealkylation sites (tertiary alicyclic amines) is 1. The maximum absolute atomic E-state index is 12.8. The molecule has 0 aliphatic carbocycles. The molecule has 0 radical (unpaired) electrons. The molecule has 2 N–H and O–H groups in total. The highest BCUT2D eigenvalue weighted by Crippen LogP contribution is 2.29. The highest BCUT2D eigenvalue weighted by atomic mass is 16.6. The van der Waals surface area contributed by atoms with Gasteiger partial charge in [-0.3, -0.25) is 9.59 Å². The first kappa shape index (κ1) is 25.0. The Morgan fingerprint density at radius 1 is 1.22 bits per heavy atom. The van der Waals surface area contributed by atoms with Crippen LogP contribution in [-0.2, 0) is 9.53 Å². The Kier molecular flexibility index (Phi) is 8.51. The van der Waals surface area contributed by atoms with Gasteiger partial charge in [-0.1, -0.05) is 6.58 Å². The molecule has 0 saturated carbocycles. The van der Waals surface area contributed by atoms with Crippen LogP contribution in [-0.4, -0.2) is 66.2 Å². The first-order valence-corrected chi connectivity index (χ1v) is 10.5. The summed E-state index contributed by atoms with van der Waals surface area (Å²) in [5.74, 6) is -0.892. The highest BCUT2D eigenvalue weighted by Gasteiger charge is 2.33. The number of hydrogen-bond acceptors (Lipinski definition) is 7. The lowest BCUT2D eigenvalue weighted by molar-refractivity contribution is -0.129. The molecular formula is C23H32N2O7. The van der Waals surface area contributed by atoms with Gasteiger partial charge in [-0.15, -0.1) is 0 Å². The van der Waals surface area contributed by atoms with Gasteiger partial charge in [0.2, 0.25) is 0 Å². The van der Waals surface area contributed by atoms with Crippen molar-refractivity contribution in [1.29, 1.82) is 0 Å². The minimum atomic E-state index is -0.711. The summed E-state index contributed by atoms with van der Waals surface area (Å²) >= 11 is 0. The quantitative estimate of drug-likeness (QED) is 0.272. The van der Waals surface area contributed by atoms with Crippen LogP contribution < -0.4 is 14.8 Å². The van der Waals surface area contributed by atoms with E-state index in [4.69, 9.17) is 14.2 Å². The summed E-state index contributed by atoms with van der Waals surface area (Å²) in [5, 5.41) is 12.4. The Bertz CT molecular complexity index is 860. The highest BCUT2D eigenvalue weighted by molar-refractivity contribution is 6.42. The number of carbonyl (C=O) groups is 3. The topological polar surface area (TPSA) is 114 Å². The molecule has 1 aliphatic heterocycles. The minimum Gasteiger partial charge on any atom is -0.511 e. The molecule has 2 rings (SSSR count). The fraction of sp³-hybridized carbons (Fsp3) is 0.522. The van der Waals surface area contributed by atoms with Gasteiger partial charge < -0.3 is 29.5 Å². The van der Waals surface area contributed by atoms with Crippen molar-refractivity contribution >= 4 is 17.8 Å². The maximum atomic E-state index is 12.8. The van der Waals surface area contributed by atoms with Gasteiger partial charge in [0.05, 0.1) is 19.7 Å². The second kappa shape index (κ2) is 10.9. The van der Waals surface area contributed by atoms with E-state index in [9.17, 15) is 19.5 Å². The minimum absolute atomic E-state index is 0.0970. The molecule has 1 heterocycles. The standard InChI is InChI=1S/C23H32N2O7/c1-15(26)17-8-6-7-12-25(17)21(28)20(27)16-9-10-18(30-5)19(14-16)31-13-11-24-22(29)32-23(2,3)4/h9-10,14,17,26H,1,6-8,11-13H2,2-5H3,(H,24,29). The van der Waals surface area contributed by atoms with Gasteiger partial charge >= 0.3 is 6.09 Å². The van der Waals surface area contributed by atoms with Crippen molar-refractivity contribution in [1.82, 2.24) is 10.2 Å². The number of methoxy groups -OCH3 is 1.